The van der Waals surface area contributed by atoms with E-state index in [0.29, 0.717) is 18.5 Å². The number of sulfonamides is 1. The lowest BCUT2D eigenvalue weighted by molar-refractivity contribution is 0.0994. The van der Waals surface area contributed by atoms with Crippen molar-refractivity contribution in [1.82, 2.24) is 24.7 Å². The first-order valence-corrected chi connectivity index (χ1v) is 10.5. The number of aliphatic hydroxyl groups excluding tert-OH is 1. The van der Waals surface area contributed by atoms with E-state index in [1.807, 2.05) is 0 Å². The molecule has 1 unspecified atom stereocenters. The highest BCUT2D eigenvalue weighted by atomic mass is 32.2. The average Bonchev–Trinajstić information content (AvgIpc) is 3.30. The monoisotopic (exact) mass is 416 g/mol. The van der Waals surface area contributed by atoms with Crippen molar-refractivity contribution in [2.24, 2.45) is 5.73 Å². The van der Waals surface area contributed by atoms with Crippen LogP contribution >= 0.6 is 0 Å². The number of H-pyrrole nitrogens is 1. The van der Waals surface area contributed by atoms with Crippen LogP contribution in [0.2, 0.25) is 0 Å². The van der Waals surface area contributed by atoms with Gasteiger partial charge in [-0.05, 0) is 44.0 Å². The maximum absolute atomic E-state index is 12.3. The van der Waals surface area contributed by atoms with E-state index in [4.69, 9.17) is 5.73 Å². The number of carbonyl (C=O) groups is 1. The summed E-state index contributed by atoms with van der Waals surface area (Å²) in [6, 6.07) is 6.08. The van der Waals surface area contributed by atoms with Crippen LogP contribution in [0.15, 0.2) is 35.4 Å². The van der Waals surface area contributed by atoms with Gasteiger partial charge in [0.05, 0.1) is 28.6 Å². The van der Waals surface area contributed by atoms with E-state index in [9.17, 15) is 18.3 Å². The molecule has 0 bridgehead atoms. The first-order valence-electron chi connectivity index (χ1n) is 9.00. The number of aromatic amines is 1. The number of aryl methyl sites for hydroxylation is 1. The van der Waals surface area contributed by atoms with Crippen molar-refractivity contribution in [1.29, 1.82) is 0 Å². The van der Waals surface area contributed by atoms with E-state index in [1.165, 1.54) is 19.1 Å². The Morgan fingerprint density at radius 2 is 2.07 bits per heavy atom. The van der Waals surface area contributed by atoms with Gasteiger partial charge in [-0.2, -0.15) is 10.2 Å². The molecule has 11 heteroatoms. The molecule has 4 rings (SSSR count). The van der Waals surface area contributed by atoms with E-state index < -0.39 is 22.0 Å². The topological polar surface area (TPSA) is 156 Å². The van der Waals surface area contributed by atoms with Gasteiger partial charge in [-0.3, -0.25) is 9.89 Å². The summed E-state index contributed by atoms with van der Waals surface area (Å²) in [5.41, 5.74) is 9.54. The van der Waals surface area contributed by atoms with Crippen molar-refractivity contribution in [2.45, 2.75) is 30.8 Å². The number of aliphatic hydroxyl groups is 1. The lowest BCUT2D eigenvalue weighted by Crippen LogP contribution is -2.30. The summed E-state index contributed by atoms with van der Waals surface area (Å²) in [5.74, 6) is -0.617. The minimum atomic E-state index is -3.75. The Morgan fingerprint density at radius 3 is 2.72 bits per heavy atom. The van der Waals surface area contributed by atoms with Crippen molar-refractivity contribution in [2.75, 3.05) is 6.54 Å². The Bertz CT molecular complexity index is 1180. The number of nitrogens with zero attached hydrogens (tertiary/aromatic N) is 3. The molecule has 152 valence electrons. The molecular weight excluding hydrogens is 396 g/mol. The van der Waals surface area contributed by atoms with Crippen LogP contribution in [0.4, 0.5) is 0 Å². The van der Waals surface area contributed by atoms with Crippen LogP contribution in [0, 0.1) is 0 Å². The Hall–Kier alpha value is -3.02. The number of hydrogen-bond acceptors (Lipinski definition) is 6. The van der Waals surface area contributed by atoms with Gasteiger partial charge in [-0.1, -0.05) is 0 Å². The number of hydrogen-bond donors (Lipinski definition) is 4. The molecule has 1 aliphatic rings. The first kappa shape index (κ1) is 19.3. The number of rotatable bonds is 6. The van der Waals surface area contributed by atoms with Gasteiger partial charge in [0.25, 0.3) is 5.91 Å². The van der Waals surface area contributed by atoms with E-state index in [0.717, 1.165) is 22.5 Å². The molecule has 2 heterocycles. The lowest BCUT2D eigenvalue weighted by atomic mass is 9.93. The summed E-state index contributed by atoms with van der Waals surface area (Å²) >= 11 is 0. The highest BCUT2D eigenvalue weighted by molar-refractivity contribution is 7.89. The van der Waals surface area contributed by atoms with Gasteiger partial charge < -0.3 is 10.8 Å². The molecule has 1 amide bonds. The number of benzene rings is 1. The third-order valence-corrected chi connectivity index (χ3v) is 6.22. The van der Waals surface area contributed by atoms with Crippen molar-refractivity contribution >= 4 is 15.9 Å². The maximum Gasteiger partial charge on any atom is 0.269 e. The molecule has 0 spiro atoms. The fourth-order valence-corrected chi connectivity index (χ4v) is 4.51. The Kier molecular flexibility index (Phi) is 4.73. The summed E-state index contributed by atoms with van der Waals surface area (Å²) in [4.78, 5) is 12.0. The zero-order valence-electron chi connectivity index (χ0n) is 15.6. The fraction of sp³-hybridized carbons (Fsp3) is 0.278. The smallest absolute Gasteiger partial charge is 0.269 e. The molecule has 29 heavy (non-hydrogen) atoms. The fourth-order valence-electron chi connectivity index (χ4n) is 3.39. The van der Waals surface area contributed by atoms with Crippen LogP contribution in [-0.4, -0.2) is 52.1 Å². The molecular formula is C18H20N6O4S. The molecule has 0 aliphatic heterocycles. The number of aromatic nitrogens is 4. The summed E-state index contributed by atoms with van der Waals surface area (Å²) in [7, 11) is -3.75. The number of primary amides is 1. The third-order valence-electron chi connectivity index (χ3n) is 4.78. The van der Waals surface area contributed by atoms with Gasteiger partial charge in [0, 0.05) is 23.4 Å². The summed E-state index contributed by atoms with van der Waals surface area (Å²) in [5, 5.41) is 20.7. The second kappa shape index (κ2) is 7.10. The number of fused-ring (bicyclic) bond motifs is 3. The molecule has 5 N–H and O–H groups in total. The highest BCUT2D eigenvalue weighted by Crippen LogP contribution is 2.35. The molecule has 1 aliphatic carbocycles. The van der Waals surface area contributed by atoms with Crippen LogP contribution in [0.1, 0.15) is 28.7 Å². The van der Waals surface area contributed by atoms with Gasteiger partial charge in [0.15, 0.2) is 5.69 Å². The minimum absolute atomic E-state index is 0.0575. The molecule has 1 atom stereocenters. The molecule has 0 radical (unpaired) electrons. The zero-order valence-corrected chi connectivity index (χ0v) is 16.4. The van der Waals surface area contributed by atoms with Crippen molar-refractivity contribution in [3.63, 3.8) is 0 Å². The molecule has 1 aromatic carbocycles. The van der Waals surface area contributed by atoms with Crippen LogP contribution in [0.3, 0.4) is 0 Å². The van der Waals surface area contributed by atoms with Crippen molar-refractivity contribution in [3.05, 3.63) is 47.4 Å². The van der Waals surface area contributed by atoms with Crippen molar-refractivity contribution in [3.8, 4) is 16.9 Å². The molecule has 2 aromatic heterocycles. The number of nitrogens with one attached hydrogen (secondary N) is 2. The average molecular weight is 416 g/mol. The Labute approximate surface area is 166 Å². The zero-order chi connectivity index (χ0) is 20.8. The maximum atomic E-state index is 12.3. The lowest BCUT2D eigenvalue weighted by Gasteiger charge is -2.15. The summed E-state index contributed by atoms with van der Waals surface area (Å²) in [6.07, 6.45) is 2.17. The predicted octanol–water partition coefficient (Wildman–Crippen LogP) is 0.119. The number of carbonyl (C=O) groups excluding carboxylic acids is 1. The Morgan fingerprint density at radius 1 is 1.34 bits per heavy atom. The van der Waals surface area contributed by atoms with Crippen LogP contribution in [-0.2, 0) is 22.9 Å². The van der Waals surface area contributed by atoms with Gasteiger partial charge >= 0.3 is 0 Å². The van der Waals surface area contributed by atoms with Gasteiger partial charge in [-0.25, -0.2) is 17.8 Å². The van der Waals surface area contributed by atoms with E-state index in [2.05, 4.69) is 20.0 Å². The first-order chi connectivity index (χ1) is 13.8. The summed E-state index contributed by atoms with van der Waals surface area (Å²) in [6.45, 7) is 1.41. The quantitative estimate of drug-likeness (QED) is 0.447. The predicted molar refractivity (Wildman–Crippen MR) is 104 cm³/mol. The molecule has 0 saturated heterocycles. The molecule has 0 saturated carbocycles. The number of amides is 1. The van der Waals surface area contributed by atoms with Gasteiger partial charge in [-0.15, -0.1) is 0 Å². The number of nitrogens with two attached hydrogens (primary N) is 1. The van der Waals surface area contributed by atoms with Crippen LogP contribution < -0.4 is 10.5 Å². The van der Waals surface area contributed by atoms with Crippen molar-refractivity contribution < 1.29 is 18.3 Å². The molecule has 3 aromatic rings. The largest absolute Gasteiger partial charge is 0.392 e. The highest BCUT2D eigenvalue weighted by Gasteiger charge is 2.29. The van der Waals surface area contributed by atoms with Gasteiger partial charge in [0.1, 0.15) is 0 Å². The van der Waals surface area contributed by atoms with E-state index >= 15 is 0 Å². The normalized spacial score (nSPS) is 14.3. The standard InChI is InChI=1S/C18H20N6O4S/c1-10(25)8-21-29(27,28)12-4-2-11(3-5-12)24-17-13(16(23-24)18(19)26)6-7-15-14(17)9-20-22-15/h2-5,9-10,21,25H,6-8H2,1H3,(H2,19,26)(H,20,22). The summed E-state index contributed by atoms with van der Waals surface area (Å²) < 4.78 is 28.6. The second-order valence-corrected chi connectivity index (χ2v) is 8.68. The van der Waals surface area contributed by atoms with E-state index in [1.54, 1.807) is 23.0 Å². The minimum Gasteiger partial charge on any atom is -0.392 e. The molecule has 0 fully saturated rings. The van der Waals surface area contributed by atoms with Crippen LogP contribution in [0.25, 0.3) is 16.9 Å². The van der Waals surface area contributed by atoms with Gasteiger partial charge in [0.2, 0.25) is 10.0 Å². The molecule has 10 nitrogen and oxygen atoms in total. The van der Waals surface area contributed by atoms with Crippen LogP contribution in [0.5, 0.6) is 0 Å². The second-order valence-electron chi connectivity index (χ2n) is 6.91. The van der Waals surface area contributed by atoms with E-state index in [-0.39, 0.29) is 17.1 Å². The third kappa shape index (κ3) is 3.43. The Balaban J connectivity index is 1.76. The SMILES string of the molecule is CC(O)CNS(=O)(=O)c1ccc(-n2nc(C(N)=O)c3c2-c2cn[nH]c2CC3)cc1.